The Kier molecular flexibility index (Phi) is 14.5. The first-order chi connectivity index (χ1) is 20.4. The topological polar surface area (TPSA) is 156 Å². The zero-order valence-electron chi connectivity index (χ0n) is 26.1. The van der Waals surface area contributed by atoms with Gasteiger partial charge in [0.15, 0.2) is 11.5 Å². The second kappa shape index (κ2) is 17.5. The summed E-state index contributed by atoms with van der Waals surface area (Å²) in [7, 11) is 0. The molecule has 0 spiro atoms. The highest BCUT2D eigenvalue weighted by Gasteiger charge is 2.45. The Labute approximate surface area is 253 Å². The van der Waals surface area contributed by atoms with E-state index in [-0.39, 0.29) is 29.6 Å². The van der Waals surface area contributed by atoms with Crippen molar-refractivity contribution in [2.24, 2.45) is 0 Å². The third-order valence-electron chi connectivity index (χ3n) is 6.77. The molecule has 43 heavy (non-hydrogen) atoms. The van der Waals surface area contributed by atoms with Crippen molar-refractivity contribution >= 4 is 24.4 Å². The number of aliphatic carboxylic acids is 1. The largest absolute Gasteiger partial charge is 0.514 e. The fourth-order valence-electron chi connectivity index (χ4n) is 4.85. The number of benzene rings is 1. The molecule has 1 saturated carbocycles. The fourth-order valence-corrected chi connectivity index (χ4v) is 4.85. The van der Waals surface area contributed by atoms with Gasteiger partial charge >= 0.3 is 24.4 Å². The van der Waals surface area contributed by atoms with E-state index in [1.807, 2.05) is 13.8 Å². The molecule has 12 heteroatoms. The number of carbonyl (C=O) groups excluding carboxylic acids is 3. The summed E-state index contributed by atoms with van der Waals surface area (Å²) < 4.78 is 32.2. The molecule has 242 valence electrons. The number of carbonyl (C=O) groups is 4. The Morgan fingerprint density at radius 3 is 1.93 bits per heavy atom. The van der Waals surface area contributed by atoms with Gasteiger partial charge in [0.1, 0.15) is 18.3 Å². The minimum absolute atomic E-state index is 0.145. The maximum absolute atomic E-state index is 12.8. The van der Waals surface area contributed by atoms with Crippen molar-refractivity contribution in [3.8, 4) is 11.5 Å². The lowest BCUT2D eigenvalue weighted by molar-refractivity contribution is -0.168. The highest BCUT2D eigenvalue weighted by molar-refractivity contribution is 5.80. The van der Waals surface area contributed by atoms with E-state index >= 15 is 0 Å². The molecule has 2 unspecified atom stereocenters. The summed E-state index contributed by atoms with van der Waals surface area (Å²) in [5, 5.41) is 13.1. The zero-order valence-corrected chi connectivity index (χ0v) is 26.1. The lowest BCUT2D eigenvalue weighted by atomic mass is 9.98. The molecule has 1 aliphatic rings. The first-order valence-corrected chi connectivity index (χ1v) is 15.2. The van der Waals surface area contributed by atoms with E-state index in [0.29, 0.717) is 25.7 Å². The van der Waals surface area contributed by atoms with Crippen LogP contribution in [0.2, 0.25) is 0 Å². The van der Waals surface area contributed by atoms with Gasteiger partial charge in [-0.15, -0.1) is 0 Å². The van der Waals surface area contributed by atoms with Crippen LogP contribution in [0.15, 0.2) is 18.2 Å². The van der Waals surface area contributed by atoms with E-state index in [0.717, 1.165) is 32.1 Å². The van der Waals surface area contributed by atoms with E-state index in [2.05, 4.69) is 5.32 Å². The summed E-state index contributed by atoms with van der Waals surface area (Å²) in [6, 6.07) is 3.71. The summed E-state index contributed by atoms with van der Waals surface area (Å²) in [5.41, 5.74) is -1.94. The minimum Gasteiger partial charge on any atom is -0.477 e. The summed E-state index contributed by atoms with van der Waals surface area (Å²) >= 11 is 0. The molecule has 1 aromatic carbocycles. The van der Waals surface area contributed by atoms with Gasteiger partial charge in [0.2, 0.25) is 0 Å². The lowest BCUT2D eigenvalue weighted by Crippen LogP contribution is -2.59. The monoisotopic (exact) mass is 609 g/mol. The van der Waals surface area contributed by atoms with E-state index in [1.54, 1.807) is 27.7 Å². The van der Waals surface area contributed by atoms with Gasteiger partial charge in [0.05, 0.1) is 0 Å². The maximum Gasteiger partial charge on any atom is 0.514 e. The molecule has 1 aromatic rings. The quantitative estimate of drug-likeness (QED) is 0.0919. The van der Waals surface area contributed by atoms with E-state index < -0.39 is 48.4 Å². The van der Waals surface area contributed by atoms with Crippen molar-refractivity contribution in [1.29, 1.82) is 0 Å². The van der Waals surface area contributed by atoms with Crippen LogP contribution in [0, 0.1) is 0 Å². The van der Waals surface area contributed by atoms with Crippen LogP contribution in [-0.4, -0.2) is 59.6 Å². The second-order valence-electron chi connectivity index (χ2n) is 11.3. The maximum atomic E-state index is 12.8. The lowest BCUT2D eigenvalue weighted by Gasteiger charge is -2.32. The Morgan fingerprint density at radius 2 is 1.42 bits per heavy atom. The van der Waals surface area contributed by atoms with Crippen molar-refractivity contribution in [3.05, 3.63) is 23.8 Å². The summed E-state index contributed by atoms with van der Waals surface area (Å²) in [6.45, 7) is 10.7. The third-order valence-corrected chi connectivity index (χ3v) is 6.77. The fraction of sp³-hybridized carbons (Fsp3) is 0.677. The predicted molar refractivity (Wildman–Crippen MR) is 156 cm³/mol. The van der Waals surface area contributed by atoms with Gasteiger partial charge in [-0.2, -0.15) is 0 Å². The molecule has 3 atom stereocenters. The Hall–Kier alpha value is -3.54. The van der Waals surface area contributed by atoms with E-state index in [9.17, 15) is 24.3 Å². The van der Waals surface area contributed by atoms with Crippen LogP contribution in [0.3, 0.4) is 0 Å². The molecule has 2 rings (SSSR count). The smallest absolute Gasteiger partial charge is 0.477 e. The van der Waals surface area contributed by atoms with Crippen LogP contribution >= 0.6 is 0 Å². The van der Waals surface area contributed by atoms with Crippen LogP contribution in [0.4, 0.5) is 14.4 Å². The first kappa shape index (κ1) is 35.7. The molecule has 12 nitrogen and oxygen atoms in total. The number of hydrogen-bond donors (Lipinski definition) is 2. The van der Waals surface area contributed by atoms with Crippen LogP contribution in [-0.2, 0) is 30.2 Å². The molecule has 2 N–H and O–H groups in total. The number of hydrogen-bond acceptors (Lipinski definition) is 11. The first-order valence-electron chi connectivity index (χ1n) is 15.2. The van der Waals surface area contributed by atoms with Gasteiger partial charge in [-0.25, -0.2) is 19.2 Å². The van der Waals surface area contributed by atoms with Crippen LogP contribution in [0.1, 0.15) is 105 Å². The predicted octanol–water partition coefficient (Wildman–Crippen LogP) is 6.90. The van der Waals surface area contributed by atoms with Gasteiger partial charge < -0.3 is 33.5 Å². The van der Waals surface area contributed by atoms with E-state index in [4.69, 9.17) is 28.4 Å². The molecule has 0 radical (unpaired) electrons. The second-order valence-corrected chi connectivity index (χ2v) is 11.3. The molecular formula is C31H47NO11. The number of carboxylic acid groups (broad SMARTS) is 1. The van der Waals surface area contributed by atoms with Gasteiger partial charge in [0.25, 0.3) is 5.72 Å². The highest BCUT2D eigenvalue weighted by Crippen LogP contribution is 2.32. The summed E-state index contributed by atoms with van der Waals surface area (Å²) in [6.07, 6.45) is 2.37. The Morgan fingerprint density at radius 1 is 0.860 bits per heavy atom. The van der Waals surface area contributed by atoms with Crippen LogP contribution < -0.4 is 14.8 Å². The summed E-state index contributed by atoms with van der Waals surface area (Å²) in [5.74, 6) is -1.81. The van der Waals surface area contributed by atoms with Gasteiger partial charge in [-0.1, -0.05) is 39.2 Å². The molecule has 0 heterocycles. The zero-order chi connectivity index (χ0) is 32.0. The molecule has 0 amide bonds. The Bertz CT molecular complexity index is 1070. The number of ether oxygens (including phenoxy) is 6. The number of nitrogens with one attached hydrogen (secondary N) is 1. The SMILES string of the molecule is CCCC(C)OC(=O)Oc1ccc(C[C@](NC(C)C)(OC(=O)OC2CCCCC2)C(=O)O)cc1OC(=O)OC(C)CCC. The van der Waals surface area contributed by atoms with Crippen molar-refractivity contribution in [3.63, 3.8) is 0 Å². The standard InChI is InChI=1S/C31H47NO11/c1-7-12-21(5)38-28(35)41-25-17-16-23(18-26(25)42-29(36)39-22(6)13-8-2)19-31(27(33)34,32-20(3)4)43-30(37)40-24-14-10-9-11-15-24/h16-18,20-22,24,32H,7-15,19H2,1-6H3,(H,33,34)/t21?,22?,31-/m0/s1. The van der Waals surface area contributed by atoms with Gasteiger partial charge in [0, 0.05) is 12.5 Å². The highest BCUT2D eigenvalue weighted by atomic mass is 16.8. The molecule has 1 fully saturated rings. The summed E-state index contributed by atoms with van der Waals surface area (Å²) in [4.78, 5) is 50.4. The normalized spacial score (nSPS) is 16.3. The number of carboxylic acids is 1. The molecule has 0 bridgehead atoms. The van der Waals surface area contributed by atoms with Crippen molar-refractivity contribution in [2.45, 2.75) is 136 Å². The minimum atomic E-state index is -2.22. The molecule has 1 aliphatic carbocycles. The van der Waals surface area contributed by atoms with Crippen LogP contribution in [0.5, 0.6) is 11.5 Å². The molecule has 0 saturated heterocycles. The van der Waals surface area contributed by atoms with Crippen LogP contribution in [0.25, 0.3) is 0 Å². The van der Waals surface area contributed by atoms with Gasteiger partial charge in [-0.05, 0) is 83.9 Å². The third kappa shape index (κ3) is 12.3. The molecule has 0 aliphatic heterocycles. The number of rotatable bonds is 15. The van der Waals surface area contributed by atoms with Crippen molar-refractivity contribution in [1.82, 2.24) is 5.32 Å². The molecular weight excluding hydrogens is 562 g/mol. The van der Waals surface area contributed by atoms with Gasteiger partial charge in [-0.3, -0.25) is 5.32 Å². The van der Waals surface area contributed by atoms with Crippen molar-refractivity contribution < 1.29 is 52.7 Å². The van der Waals surface area contributed by atoms with E-state index in [1.165, 1.54) is 18.2 Å². The van der Waals surface area contributed by atoms with Crippen molar-refractivity contribution in [2.75, 3.05) is 0 Å². The molecule has 0 aromatic heterocycles. The average molecular weight is 610 g/mol. The Balaban J connectivity index is 2.37. The average Bonchev–Trinajstić information content (AvgIpc) is 2.90.